The van der Waals surface area contributed by atoms with E-state index in [0.717, 1.165) is 26.7 Å². The van der Waals surface area contributed by atoms with Gasteiger partial charge in [0.15, 0.2) is 0 Å². The molecule has 0 aliphatic rings. The van der Waals surface area contributed by atoms with Gasteiger partial charge in [-0.1, -0.05) is 61.3 Å². The number of aryl methyl sites for hydroxylation is 3. The standard InChI is InChI=1S/C26H29ClN2O3S/c1-17(2)23-8-6-7-19(4)26(23)28-25(30)16-29(24-14-11-21(27)15-20(24)5)33(31,32)22-12-9-18(3)10-13-22/h6-15,17H,16H2,1-5H3,(H,28,30). The number of anilines is 2. The number of carbonyl (C=O) groups excluding carboxylic acids is 1. The van der Waals surface area contributed by atoms with Crippen molar-refractivity contribution in [2.75, 3.05) is 16.2 Å². The average Bonchev–Trinajstić information content (AvgIpc) is 2.74. The quantitative estimate of drug-likeness (QED) is 0.432. The second kappa shape index (κ2) is 9.98. The van der Waals surface area contributed by atoms with Gasteiger partial charge in [0.1, 0.15) is 6.54 Å². The molecule has 0 aromatic heterocycles. The lowest BCUT2D eigenvalue weighted by Crippen LogP contribution is -2.38. The molecule has 7 heteroatoms. The van der Waals surface area contributed by atoms with Crippen LogP contribution >= 0.6 is 11.6 Å². The number of sulfonamides is 1. The van der Waals surface area contributed by atoms with E-state index in [0.29, 0.717) is 16.3 Å². The highest BCUT2D eigenvalue weighted by Gasteiger charge is 2.29. The SMILES string of the molecule is Cc1ccc(S(=O)(=O)N(CC(=O)Nc2c(C)cccc2C(C)C)c2ccc(Cl)cc2C)cc1. The van der Waals surface area contributed by atoms with Crippen LogP contribution < -0.4 is 9.62 Å². The lowest BCUT2D eigenvalue weighted by atomic mass is 9.98. The molecule has 0 aliphatic carbocycles. The highest BCUT2D eigenvalue weighted by Crippen LogP contribution is 2.30. The number of carbonyl (C=O) groups is 1. The topological polar surface area (TPSA) is 66.5 Å². The summed E-state index contributed by atoms with van der Waals surface area (Å²) in [4.78, 5) is 13.3. The van der Waals surface area contributed by atoms with Crippen LogP contribution in [0.4, 0.5) is 11.4 Å². The molecule has 3 rings (SSSR count). The van der Waals surface area contributed by atoms with Crippen LogP contribution in [0.3, 0.4) is 0 Å². The molecule has 0 bridgehead atoms. The van der Waals surface area contributed by atoms with E-state index in [2.05, 4.69) is 19.2 Å². The third kappa shape index (κ3) is 5.57. The molecule has 0 aliphatic heterocycles. The smallest absolute Gasteiger partial charge is 0.264 e. The molecule has 0 unspecified atom stereocenters. The van der Waals surface area contributed by atoms with E-state index >= 15 is 0 Å². The van der Waals surface area contributed by atoms with Crippen molar-refractivity contribution in [3.63, 3.8) is 0 Å². The van der Waals surface area contributed by atoms with Crippen LogP contribution in [0.5, 0.6) is 0 Å². The van der Waals surface area contributed by atoms with Crippen LogP contribution in [0, 0.1) is 20.8 Å². The van der Waals surface area contributed by atoms with Gasteiger partial charge >= 0.3 is 0 Å². The Labute approximate surface area is 201 Å². The van der Waals surface area contributed by atoms with E-state index in [4.69, 9.17) is 11.6 Å². The van der Waals surface area contributed by atoms with E-state index in [-0.39, 0.29) is 17.4 Å². The molecule has 0 spiro atoms. The van der Waals surface area contributed by atoms with E-state index in [1.807, 2.05) is 32.0 Å². The maximum absolute atomic E-state index is 13.6. The van der Waals surface area contributed by atoms with Crippen molar-refractivity contribution < 1.29 is 13.2 Å². The molecule has 3 aromatic carbocycles. The summed E-state index contributed by atoms with van der Waals surface area (Å²) < 4.78 is 28.4. The molecule has 1 N–H and O–H groups in total. The molecule has 0 saturated carbocycles. The fraction of sp³-hybridized carbons (Fsp3) is 0.269. The molecule has 3 aromatic rings. The molecule has 0 saturated heterocycles. The number of hydrogen-bond acceptors (Lipinski definition) is 3. The second-order valence-electron chi connectivity index (χ2n) is 8.50. The molecule has 0 atom stereocenters. The first-order valence-corrected chi connectivity index (χ1v) is 12.6. The van der Waals surface area contributed by atoms with Gasteiger partial charge in [-0.25, -0.2) is 8.42 Å². The average molecular weight is 485 g/mol. The summed E-state index contributed by atoms with van der Waals surface area (Å²) in [6.07, 6.45) is 0. The first kappa shape index (κ1) is 24.8. The summed E-state index contributed by atoms with van der Waals surface area (Å²) in [5.74, 6) is -0.220. The maximum atomic E-state index is 13.6. The van der Waals surface area contributed by atoms with Gasteiger partial charge in [0, 0.05) is 10.7 Å². The van der Waals surface area contributed by atoms with E-state index in [9.17, 15) is 13.2 Å². The monoisotopic (exact) mass is 484 g/mol. The fourth-order valence-electron chi connectivity index (χ4n) is 3.69. The fourth-order valence-corrected chi connectivity index (χ4v) is 5.40. The molecule has 33 heavy (non-hydrogen) atoms. The second-order valence-corrected chi connectivity index (χ2v) is 10.8. The van der Waals surface area contributed by atoms with Crippen molar-refractivity contribution >= 4 is 38.9 Å². The summed E-state index contributed by atoms with van der Waals surface area (Å²) >= 11 is 6.10. The van der Waals surface area contributed by atoms with Gasteiger partial charge in [0.2, 0.25) is 5.91 Å². The number of para-hydroxylation sites is 1. The Bertz CT molecular complexity index is 1270. The van der Waals surface area contributed by atoms with E-state index < -0.39 is 15.9 Å². The predicted molar refractivity (Wildman–Crippen MR) is 136 cm³/mol. The Kier molecular flexibility index (Phi) is 7.50. The van der Waals surface area contributed by atoms with Crippen LogP contribution in [0.2, 0.25) is 5.02 Å². The number of nitrogens with one attached hydrogen (secondary N) is 1. The molecule has 0 radical (unpaired) electrons. The van der Waals surface area contributed by atoms with Gasteiger partial charge in [-0.05, 0) is 73.7 Å². The number of hydrogen-bond donors (Lipinski definition) is 1. The van der Waals surface area contributed by atoms with Crippen LogP contribution in [-0.4, -0.2) is 20.9 Å². The molecule has 0 heterocycles. The zero-order chi connectivity index (χ0) is 24.3. The minimum absolute atomic E-state index is 0.119. The van der Waals surface area contributed by atoms with Crippen LogP contribution in [-0.2, 0) is 14.8 Å². The van der Waals surface area contributed by atoms with Gasteiger partial charge in [0.05, 0.1) is 10.6 Å². The molecule has 174 valence electrons. The minimum atomic E-state index is -4.00. The normalized spacial score (nSPS) is 11.5. The predicted octanol–water partition coefficient (Wildman–Crippen LogP) is 6.22. The third-order valence-corrected chi connectivity index (χ3v) is 7.52. The molecular weight excluding hydrogens is 456 g/mol. The van der Waals surface area contributed by atoms with Gasteiger partial charge in [-0.3, -0.25) is 9.10 Å². The molecule has 1 amide bonds. The highest BCUT2D eigenvalue weighted by molar-refractivity contribution is 7.92. The summed E-state index contributed by atoms with van der Waals surface area (Å²) in [7, 11) is -4.00. The van der Waals surface area contributed by atoms with Gasteiger partial charge in [-0.15, -0.1) is 0 Å². The lowest BCUT2D eigenvalue weighted by molar-refractivity contribution is -0.114. The number of rotatable bonds is 7. The Morgan fingerprint density at radius 3 is 2.24 bits per heavy atom. The minimum Gasteiger partial charge on any atom is -0.324 e. The van der Waals surface area contributed by atoms with Gasteiger partial charge < -0.3 is 5.32 Å². The molecule has 5 nitrogen and oxygen atoms in total. The van der Waals surface area contributed by atoms with Crippen LogP contribution in [0.25, 0.3) is 0 Å². The van der Waals surface area contributed by atoms with Crippen molar-refractivity contribution in [1.29, 1.82) is 0 Å². The van der Waals surface area contributed by atoms with E-state index in [1.165, 1.54) is 0 Å². The first-order valence-electron chi connectivity index (χ1n) is 10.8. The number of amides is 1. The first-order chi connectivity index (χ1) is 15.5. The van der Waals surface area contributed by atoms with Crippen molar-refractivity contribution in [3.8, 4) is 0 Å². The third-order valence-electron chi connectivity index (χ3n) is 5.52. The number of benzene rings is 3. The lowest BCUT2D eigenvalue weighted by Gasteiger charge is -2.26. The van der Waals surface area contributed by atoms with Gasteiger partial charge in [-0.2, -0.15) is 0 Å². The number of halogens is 1. The highest BCUT2D eigenvalue weighted by atomic mass is 35.5. The van der Waals surface area contributed by atoms with Crippen molar-refractivity contribution in [1.82, 2.24) is 0 Å². The molecular formula is C26H29ClN2O3S. The van der Waals surface area contributed by atoms with Crippen molar-refractivity contribution in [3.05, 3.63) is 87.9 Å². The Hall–Kier alpha value is -2.83. The van der Waals surface area contributed by atoms with Crippen molar-refractivity contribution in [2.45, 2.75) is 45.4 Å². The van der Waals surface area contributed by atoms with E-state index in [1.54, 1.807) is 49.4 Å². The van der Waals surface area contributed by atoms with Crippen molar-refractivity contribution in [2.24, 2.45) is 0 Å². The van der Waals surface area contributed by atoms with Crippen LogP contribution in [0.15, 0.2) is 65.6 Å². The summed E-state index contributed by atoms with van der Waals surface area (Å²) in [6, 6.07) is 17.4. The molecule has 0 fully saturated rings. The summed E-state index contributed by atoms with van der Waals surface area (Å²) in [6.45, 7) is 9.32. The Morgan fingerprint density at radius 2 is 1.64 bits per heavy atom. The Balaban J connectivity index is 2.02. The summed E-state index contributed by atoms with van der Waals surface area (Å²) in [5, 5.41) is 3.45. The summed E-state index contributed by atoms with van der Waals surface area (Å²) in [5.41, 5.74) is 4.65. The maximum Gasteiger partial charge on any atom is 0.264 e. The largest absolute Gasteiger partial charge is 0.324 e. The zero-order valence-corrected chi connectivity index (χ0v) is 21.1. The Morgan fingerprint density at radius 1 is 0.970 bits per heavy atom. The van der Waals surface area contributed by atoms with Gasteiger partial charge in [0.25, 0.3) is 10.0 Å². The zero-order valence-electron chi connectivity index (χ0n) is 19.5. The number of nitrogens with zero attached hydrogens (tertiary/aromatic N) is 1. The van der Waals surface area contributed by atoms with Crippen LogP contribution in [0.1, 0.15) is 42.0 Å².